The van der Waals surface area contributed by atoms with Gasteiger partial charge in [0.25, 0.3) is 0 Å². The van der Waals surface area contributed by atoms with Crippen LogP contribution in [0.15, 0.2) is 0 Å². The van der Waals surface area contributed by atoms with Gasteiger partial charge in [-0.25, -0.2) is 4.79 Å². The molecule has 0 saturated carbocycles. The predicted octanol–water partition coefficient (Wildman–Crippen LogP) is 2.35. The van der Waals surface area contributed by atoms with E-state index in [1.165, 1.54) is 0 Å². The van der Waals surface area contributed by atoms with Crippen LogP contribution in [0, 0.1) is 0 Å². The summed E-state index contributed by atoms with van der Waals surface area (Å²) < 4.78 is 0. The minimum atomic E-state index is -0.981. The molecule has 0 saturated heterocycles. The second-order valence-corrected chi connectivity index (χ2v) is 2.81. The highest BCUT2D eigenvalue weighted by molar-refractivity contribution is 9.09. The fraction of sp³-hybridized carbons (Fsp3) is 0.800. The van der Waals surface area contributed by atoms with Crippen molar-refractivity contribution in [2.75, 3.05) is 0 Å². The molecule has 0 aromatic heterocycles. The Kier molecular flexibility index (Phi) is 9.44. The molecule has 0 aliphatic rings. The van der Waals surface area contributed by atoms with Gasteiger partial charge >= 0.3 is 6.09 Å². The highest BCUT2D eigenvalue weighted by atomic mass is 79.9. The first-order valence-corrected chi connectivity index (χ1v) is 3.72. The van der Waals surface area contributed by atoms with Crippen molar-refractivity contribution < 1.29 is 9.90 Å². The van der Waals surface area contributed by atoms with E-state index in [4.69, 9.17) is 5.11 Å². The van der Waals surface area contributed by atoms with E-state index in [2.05, 4.69) is 21.2 Å². The van der Waals surface area contributed by atoms with Gasteiger partial charge in [0.15, 0.2) is 0 Å². The molecule has 0 aromatic rings. The molecule has 1 amide bonds. The molecule has 0 radical (unpaired) electrons. The van der Waals surface area contributed by atoms with Crippen LogP contribution in [-0.4, -0.2) is 16.2 Å². The smallest absolute Gasteiger partial charge is 0.405 e. The maximum Gasteiger partial charge on any atom is 0.405 e. The Morgan fingerprint density at radius 2 is 2.30 bits per heavy atom. The first-order valence-electron chi connectivity index (χ1n) is 2.80. The molecule has 0 aromatic carbocycles. The maximum atomic E-state index is 9.94. The first-order chi connectivity index (χ1) is 4.16. The summed E-state index contributed by atoms with van der Waals surface area (Å²) in [5.74, 6) is 0. The largest absolute Gasteiger partial charge is 0.465 e. The summed E-state index contributed by atoms with van der Waals surface area (Å²) in [6.45, 7) is 2.00. The molecular formula is C5H11Br2NO2. The van der Waals surface area contributed by atoms with Gasteiger partial charge in [-0.15, -0.1) is 17.0 Å². The Balaban J connectivity index is 0. The van der Waals surface area contributed by atoms with Crippen LogP contribution in [-0.2, 0) is 0 Å². The van der Waals surface area contributed by atoms with Gasteiger partial charge in [0.05, 0.1) is 4.95 Å². The third-order valence-corrected chi connectivity index (χ3v) is 1.51. The summed E-state index contributed by atoms with van der Waals surface area (Å²) in [7, 11) is 0. The summed E-state index contributed by atoms with van der Waals surface area (Å²) in [5, 5.41) is 10.4. The number of hydrogen-bond donors (Lipinski definition) is 2. The second kappa shape index (κ2) is 7.34. The molecule has 5 heteroatoms. The van der Waals surface area contributed by atoms with Crippen LogP contribution in [0.1, 0.15) is 19.8 Å². The summed E-state index contributed by atoms with van der Waals surface area (Å²) in [5.41, 5.74) is 0. The van der Waals surface area contributed by atoms with Crippen molar-refractivity contribution in [1.29, 1.82) is 0 Å². The van der Waals surface area contributed by atoms with E-state index in [1.54, 1.807) is 0 Å². The van der Waals surface area contributed by atoms with Gasteiger partial charge in [-0.05, 0) is 6.42 Å². The normalized spacial score (nSPS) is 11.4. The number of rotatable bonds is 3. The second-order valence-electron chi connectivity index (χ2n) is 1.71. The molecule has 0 rings (SSSR count). The van der Waals surface area contributed by atoms with Gasteiger partial charge in [-0.1, -0.05) is 29.3 Å². The molecule has 0 bridgehead atoms. The number of carboxylic acid groups (broad SMARTS) is 1. The fourth-order valence-corrected chi connectivity index (χ4v) is 1.11. The third kappa shape index (κ3) is 8.23. The van der Waals surface area contributed by atoms with Gasteiger partial charge < -0.3 is 10.4 Å². The lowest BCUT2D eigenvalue weighted by atomic mass is 10.3. The van der Waals surface area contributed by atoms with Crippen molar-refractivity contribution in [2.24, 2.45) is 0 Å². The third-order valence-electron chi connectivity index (χ3n) is 0.822. The summed E-state index contributed by atoms with van der Waals surface area (Å²) in [4.78, 5) is 9.85. The zero-order valence-electron chi connectivity index (χ0n) is 5.63. The standard InChI is InChI=1S/C5H10BrNO2.BrH/c1-2-3-4(6)7-5(8)9;/h4,7H,2-3H2,1H3,(H,8,9);1H. The van der Waals surface area contributed by atoms with Crippen LogP contribution in [0.3, 0.4) is 0 Å². The Morgan fingerprint density at radius 1 is 1.80 bits per heavy atom. The van der Waals surface area contributed by atoms with Gasteiger partial charge in [-0.2, -0.15) is 0 Å². The van der Waals surface area contributed by atoms with Crippen molar-refractivity contribution in [3.05, 3.63) is 0 Å². The van der Waals surface area contributed by atoms with Crippen molar-refractivity contribution in [3.8, 4) is 0 Å². The number of amides is 1. The van der Waals surface area contributed by atoms with Crippen LogP contribution < -0.4 is 5.32 Å². The first kappa shape index (κ1) is 12.9. The summed E-state index contributed by atoms with van der Waals surface area (Å²) >= 11 is 3.15. The van der Waals surface area contributed by atoms with Crippen LogP contribution >= 0.6 is 32.9 Å². The highest BCUT2D eigenvalue weighted by Gasteiger charge is 2.03. The lowest BCUT2D eigenvalue weighted by Gasteiger charge is -2.05. The quantitative estimate of drug-likeness (QED) is 0.614. The van der Waals surface area contributed by atoms with Crippen LogP contribution in [0.2, 0.25) is 0 Å². The maximum absolute atomic E-state index is 9.94. The molecular weight excluding hydrogens is 266 g/mol. The molecule has 0 fully saturated rings. The summed E-state index contributed by atoms with van der Waals surface area (Å²) in [6, 6.07) is 0. The van der Waals surface area contributed by atoms with Crippen molar-refractivity contribution in [3.63, 3.8) is 0 Å². The molecule has 0 spiro atoms. The van der Waals surface area contributed by atoms with Crippen LogP contribution in [0.5, 0.6) is 0 Å². The van der Waals surface area contributed by atoms with Crippen molar-refractivity contribution >= 4 is 39.0 Å². The van der Waals surface area contributed by atoms with Gasteiger partial charge in [0.2, 0.25) is 0 Å². The fourth-order valence-electron chi connectivity index (χ4n) is 0.460. The number of halogens is 2. The number of alkyl halides is 1. The Hall–Kier alpha value is 0.230. The number of hydrogen-bond acceptors (Lipinski definition) is 1. The van der Waals surface area contributed by atoms with E-state index in [1.807, 2.05) is 6.92 Å². The SMILES string of the molecule is Br.CCCC(Br)NC(=O)O. The monoisotopic (exact) mass is 275 g/mol. The molecule has 1 atom stereocenters. The van der Waals surface area contributed by atoms with Crippen molar-refractivity contribution in [1.82, 2.24) is 5.32 Å². The number of nitrogens with one attached hydrogen (secondary N) is 1. The molecule has 10 heavy (non-hydrogen) atoms. The molecule has 1 unspecified atom stereocenters. The van der Waals surface area contributed by atoms with E-state index in [9.17, 15) is 4.79 Å². The average molecular weight is 277 g/mol. The number of carbonyl (C=O) groups is 1. The van der Waals surface area contributed by atoms with E-state index in [-0.39, 0.29) is 21.9 Å². The molecule has 0 aliphatic carbocycles. The summed E-state index contributed by atoms with van der Waals surface area (Å²) in [6.07, 6.45) is 0.813. The van der Waals surface area contributed by atoms with E-state index >= 15 is 0 Å². The van der Waals surface area contributed by atoms with E-state index in [0.29, 0.717) is 0 Å². The van der Waals surface area contributed by atoms with E-state index < -0.39 is 6.09 Å². The van der Waals surface area contributed by atoms with Gasteiger partial charge in [-0.3, -0.25) is 0 Å². The Labute approximate surface area is 79.1 Å². The highest BCUT2D eigenvalue weighted by Crippen LogP contribution is 2.02. The predicted molar refractivity (Wildman–Crippen MR) is 49.1 cm³/mol. The van der Waals surface area contributed by atoms with Gasteiger partial charge in [0.1, 0.15) is 0 Å². The zero-order chi connectivity index (χ0) is 7.28. The van der Waals surface area contributed by atoms with Crippen LogP contribution in [0.25, 0.3) is 0 Å². The van der Waals surface area contributed by atoms with Crippen molar-refractivity contribution in [2.45, 2.75) is 24.7 Å². The van der Waals surface area contributed by atoms with E-state index in [0.717, 1.165) is 12.8 Å². The molecule has 62 valence electrons. The Bertz CT molecular complexity index is 99.6. The molecule has 2 N–H and O–H groups in total. The molecule has 0 heterocycles. The molecule has 3 nitrogen and oxygen atoms in total. The minimum Gasteiger partial charge on any atom is -0.465 e. The minimum absolute atomic E-state index is 0. The zero-order valence-corrected chi connectivity index (χ0v) is 8.93. The average Bonchev–Trinajstić information content (AvgIpc) is 1.63. The van der Waals surface area contributed by atoms with Gasteiger partial charge in [0, 0.05) is 0 Å². The lowest BCUT2D eigenvalue weighted by Crippen LogP contribution is -2.28. The lowest BCUT2D eigenvalue weighted by molar-refractivity contribution is 0.193. The Morgan fingerprint density at radius 3 is 2.60 bits per heavy atom. The topological polar surface area (TPSA) is 49.3 Å². The van der Waals surface area contributed by atoms with Crippen LogP contribution in [0.4, 0.5) is 4.79 Å². The molecule has 0 aliphatic heterocycles.